The SMILES string of the molecule is CC(C)CC(C)(CN)N1CC(C)(C)C1. The molecule has 2 heteroatoms. The Labute approximate surface area is 88.8 Å². The molecule has 1 unspecified atom stereocenters. The van der Waals surface area contributed by atoms with Gasteiger partial charge in [-0.2, -0.15) is 0 Å². The molecule has 0 bridgehead atoms. The summed E-state index contributed by atoms with van der Waals surface area (Å²) in [4.78, 5) is 2.55. The standard InChI is InChI=1S/C12H26N2/c1-10(2)6-12(5,7-13)14-8-11(3,4)9-14/h10H,6-9,13H2,1-5H3. The van der Waals surface area contributed by atoms with Gasteiger partial charge < -0.3 is 5.73 Å². The van der Waals surface area contributed by atoms with Crippen molar-refractivity contribution in [2.75, 3.05) is 19.6 Å². The topological polar surface area (TPSA) is 29.3 Å². The normalized spacial score (nSPS) is 25.9. The second-order valence-corrected chi connectivity index (χ2v) is 6.32. The van der Waals surface area contributed by atoms with Gasteiger partial charge in [0.15, 0.2) is 0 Å². The molecule has 1 heterocycles. The quantitative estimate of drug-likeness (QED) is 0.749. The second kappa shape index (κ2) is 3.82. The predicted molar refractivity (Wildman–Crippen MR) is 62.3 cm³/mol. The predicted octanol–water partition coefficient (Wildman–Crippen LogP) is 2.09. The highest BCUT2D eigenvalue weighted by Gasteiger charge is 2.43. The van der Waals surface area contributed by atoms with Crippen LogP contribution in [0.4, 0.5) is 0 Å². The van der Waals surface area contributed by atoms with E-state index in [0.717, 1.165) is 12.5 Å². The summed E-state index contributed by atoms with van der Waals surface area (Å²) in [6.45, 7) is 14.7. The van der Waals surface area contributed by atoms with Gasteiger partial charge in [0.25, 0.3) is 0 Å². The van der Waals surface area contributed by atoms with Crippen LogP contribution in [0.5, 0.6) is 0 Å². The lowest BCUT2D eigenvalue weighted by Crippen LogP contribution is -2.65. The van der Waals surface area contributed by atoms with Crippen molar-refractivity contribution in [2.45, 2.75) is 46.6 Å². The Balaban J connectivity index is 2.54. The summed E-state index contributed by atoms with van der Waals surface area (Å²) in [5.74, 6) is 0.729. The van der Waals surface area contributed by atoms with E-state index in [9.17, 15) is 0 Å². The van der Waals surface area contributed by atoms with Crippen molar-refractivity contribution in [1.82, 2.24) is 4.90 Å². The smallest absolute Gasteiger partial charge is 0.0306 e. The fourth-order valence-corrected chi connectivity index (χ4v) is 2.59. The number of hydrogen-bond acceptors (Lipinski definition) is 2. The molecule has 0 aromatic rings. The van der Waals surface area contributed by atoms with Crippen LogP contribution < -0.4 is 5.73 Å². The van der Waals surface area contributed by atoms with Gasteiger partial charge in [-0.1, -0.05) is 27.7 Å². The number of nitrogens with two attached hydrogens (primary N) is 1. The van der Waals surface area contributed by atoms with Gasteiger partial charge in [0, 0.05) is 25.2 Å². The molecule has 1 aliphatic heterocycles. The molecule has 1 aliphatic rings. The first-order chi connectivity index (χ1) is 6.29. The van der Waals surface area contributed by atoms with Crippen molar-refractivity contribution >= 4 is 0 Å². The minimum Gasteiger partial charge on any atom is -0.329 e. The minimum atomic E-state index is 0.226. The molecule has 1 fully saturated rings. The zero-order chi connectivity index (χ0) is 11.0. The van der Waals surface area contributed by atoms with Crippen LogP contribution in [-0.2, 0) is 0 Å². The number of likely N-dealkylation sites (tertiary alicyclic amines) is 1. The Morgan fingerprint density at radius 1 is 1.36 bits per heavy atom. The molecule has 0 saturated carbocycles. The summed E-state index contributed by atoms with van der Waals surface area (Å²) >= 11 is 0. The molecule has 0 radical (unpaired) electrons. The molecule has 0 aromatic carbocycles. The Morgan fingerprint density at radius 3 is 2.14 bits per heavy atom. The summed E-state index contributed by atoms with van der Waals surface area (Å²) in [6.07, 6.45) is 1.21. The van der Waals surface area contributed by atoms with Gasteiger partial charge in [-0.05, 0) is 24.7 Å². The average Bonchev–Trinajstić information content (AvgIpc) is 1.98. The summed E-state index contributed by atoms with van der Waals surface area (Å²) in [5.41, 5.74) is 6.65. The molecule has 0 amide bonds. The number of rotatable bonds is 4. The van der Waals surface area contributed by atoms with Crippen LogP contribution in [0.1, 0.15) is 41.0 Å². The van der Waals surface area contributed by atoms with Crippen molar-refractivity contribution in [1.29, 1.82) is 0 Å². The van der Waals surface area contributed by atoms with Crippen LogP contribution in [-0.4, -0.2) is 30.1 Å². The zero-order valence-electron chi connectivity index (χ0n) is 10.4. The maximum atomic E-state index is 5.91. The van der Waals surface area contributed by atoms with Crippen LogP contribution in [0.25, 0.3) is 0 Å². The molecule has 2 N–H and O–H groups in total. The molecule has 2 nitrogen and oxygen atoms in total. The van der Waals surface area contributed by atoms with Crippen LogP contribution in [0.15, 0.2) is 0 Å². The first-order valence-corrected chi connectivity index (χ1v) is 5.74. The fraction of sp³-hybridized carbons (Fsp3) is 1.00. The summed E-state index contributed by atoms with van der Waals surface area (Å²) in [6, 6.07) is 0. The molecule has 1 rings (SSSR count). The Hall–Kier alpha value is -0.0800. The lowest BCUT2D eigenvalue weighted by molar-refractivity contribution is -0.0568. The molecule has 1 saturated heterocycles. The highest BCUT2D eigenvalue weighted by atomic mass is 15.3. The summed E-state index contributed by atoms with van der Waals surface area (Å²) < 4.78 is 0. The van der Waals surface area contributed by atoms with Crippen LogP contribution in [0.2, 0.25) is 0 Å². The molecule has 84 valence electrons. The van der Waals surface area contributed by atoms with Crippen molar-refractivity contribution in [3.8, 4) is 0 Å². The molecule has 0 spiro atoms. The van der Waals surface area contributed by atoms with E-state index in [0.29, 0.717) is 5.41 Å². The maximum absolute atomic E-state index is 5.91. The van der Waals surface area contributed by atoms with E-state index >= 15 is 0 Å². The molecule has 0 aromatic heterocycles. The molecule has 14 heavy (non-hydrogen) atoms. The van der Waals surface area contributed by atoms with E-state index in [1.165, 1.54) is 19.5 Å². The van der Waals surface area contributed by atoms with Gasteiger partial charge in [0.05, 0.1) is 0 Å². The van der Waals surface area contributed by atoms with E-state index in [1.54, 1.807) is 0 Å². The van der Waals surface area contributed by atoms with Gasteiger partial charge in [-0.3, -0.25) is 4.90 Å². The minimum absolute atomic E-state index is 0.226. The highest BCUT2D eigenvalue weighted by molar-refractivity contribution is 4.99. The fourth-order valence-electron chi connectivity index (χ4n) is 2.59. The molecule has 0 aliphatic carbocycles. The average molecular weight is 198 g/mol. The third-order valence-electron chi connectivity index (χ3n) is 3.29. The van der Waals surface area contributed by atoms with Gasteiger partial charge in [0.2, 0.25) is 0 Å². The number of nitrogens with zero attached hydrogens (tertiary/aromatic N) is 1. The van der Waals surface area contributed by atoms with Crippen LogP contribution >= 0.6 is 0 Å². The van der Waals surface area contributed by atoms with Gasteiger partial charge in [-0.15, -0.1) is 0 Å². The third-order valence-corrected chi connectivity index (χ3v) is 3.29. The third kappa shape index (κ3) is 2.48. The van der Waals surface area contributed by atoms with Gasteiger partial charge in [0.1, 0.15) is 0 Å². The molecule has 1 atom stereocenters. The Kier molecular flexibility index (Phi) is 3.27. The van der Waals surface area contributed by atoms with E-state index in [-0.39, 0.29) is 5.54 Å². The van der Waals surface area contributed by atoms with E-state index < -0.39 is 0 Å². The summed E-state index contributed by atoms with van der Waals surface area (Å²) in [7, 11) is 0. The number of hydrogen-bond donors (Lipinski definition) is 1. The highest BCUT2D eigenvalue weighted by Crippen LogP contribution is 2.36. The van der Waals surface area contributed by atoms with E-state index in [1.807, 2.05) is 0 Å². The first kappa shape index (κ1) is 12.0. The largest absolute Gasteiger partial charge is 0.329 e. The molecular formula is C12H26N2. The molecular weight excluding hydrogens is 172 g/mol. The lowest BCUT2D eigenvalue weighted by Gasteiger charge is -2.55. The lowest BCUT2D eigenvalue weighted by atomic mass is 9.77. The maximum Gasteiger partial charge on any atom is 0.0306 e. The second-order valence-electron chi connectivity index (χ2n) is 6.32. The first-order valence-electron chi connectivity index (χ1n) is 5.74. The van der Waals surface area contributed by atoms with Crippen molar-refractivity contribution in [2.24, 2.45) is 17.1 Å². The van der Waals surface area contributed by atoms with Crippen LogP contribution in [0.3, 0.4) is 0 Å². The van der Waals surface area contributed by atoms with Gasteiger partial charge >= 0.3 is 0 Å². The van der Waals surface area contributed by atoms with Crippen molar-refractivity contribution in [3.05, 3.63) is 0 Å². The van der Waals surface area contributed by atoms with E-state index in [2.05, 4.69) is 39.5 Å². The zero-order valence-corrected chi connectivity index (χ0v) is 10.4. The van der Waals surface area contributed by atoms with E-state index in [4.69, 9.17) is 5.73 Å². The Bertz CT molecular complexity index is 190. The summed E-state index contributed by atoms with van der Waals surface area (Å²) in [5, 5.41) is 0. The van der Waals surface area contributed by atoms with Crippen LogP contribution in [0, 0.1) is 11.3 Å². The van der Waals surface area contributed by atoms with Crippen molar-refractivity contribution in [3.63, 3.8) is 0 Å². The Morgan fingerprint density at radius 2 is 1.86 bits per heavy atom. The van der Waals surface area contributed by atoms with Gasteiger partial charge in [-0.25, -0.2) is 0 Å². The van der Waals surface area contributed by atoms with Crippen molar-refractivity contribution < 1.29 is 0 Å². The monoisotopic (exact) mass is 198 g/mol.